The number of allylic oxidation sites excluding steroid dienone is 4. The molecule has 0 aromatic carbocycles. The highest BCUT2D eigenvalue weighted by atomic mass is 35.5. The summed E-state index contributed by atoms with van der Waals surface area (Å²) in [4.78, 5) is 10.5. The van der Waals surface area contributed by atoms with Gasteiger partial charge in [0.1, 0.15) is 0 Å². The summed E-state index contributed by atoms with van der Waals surface area (Å²) >= 11 is 5.72. The largest absolute Gasteiger partial charge is 0.481 e. The molecule has 1 N–H and O–H groups in total. The van der Waals surface area contributed by atoms with Crippen LogP contribution in [0.5, 0.6) is 0 Å². The van der Waals surface area contributed by atoms with Crippen molar-refractivity contribution in [1.82, 2.24) is 0 Å². The van der Waals surface area contributed by atoms with Crippen LogP contribution in [0.15, 0.2) is 24.3 Å². The molecule has 230 valence electrons. The van der Waals surface area contributed by atoms with Crippen molar-refractivity contribution >= 4 is 17.6 Å². The normalized spacial score (nSPS) is 11.8. The topological polar surface area (TPSA) is 37.3 Å². The zero-order valence-corrected chi connectivity index (χ0v) is 26.7. The van der Waals surface area contributed by atoms with Crippen molar-refractivity contribution in [3.63, 3.8) is 0 Å². The van der Waals surface area contributed by atoms with Gasteiger partial charge in [-0.25, -0.2) is 0 Å². The average molecular weight is 567 g/mol. The van der Waals surface area contributed by atoms with Crippen molar-refractivity contribution in [2.45, 2.75) is 193 Å². The second-order valence-electron chi connectivity index (χ2n) is 11.8. The molecule has 0 aromatic heterocycles. The fourth-order valence-corrected chi connectivity index (χ4v) is 5.44. The van der Waals surface area contributed by atoms with E-state index in [0.29, 0.717) is 6.42 Å². The lowest BCUT2D eigenvalue weighted by Gasteiger charge is -2.02. The summed E-state index contributed by atoms with van der Waals surface area (Å²) in [6.45, 7) is 0. The lowest BCUT2D eigenvalue weighted by atomic mass is 10.0. The number of carboxylic acids is 1. The van der Waals surface area contributed by atoms with E-state index in [4.69, 9.17) is 16.7 Å². The molecule has 0 saturated carbocycles. The van der Waals surface area contributed by atoms with Crippen molar-refractivity contribution in [2.75, 3.05) is 5.88 Å². The quantitative estimate of drug-likeness (QED) is 0.0487. The maximum atomic E-state index is 10.5. The molecule has 0 aromatic rings. The van der Waals surface area contributed by atoms with Gasteiger partial charge < -0.3 is 5.11 Å². The number of carboxylic acid groups (broad SMARTS) is 1. The number of unbranched alkanes of at least 4 members (excludes halogenated alkanes) is 26. The third-order valence-electron chi connectivity index (χ3n) is 7.84. The van der Waals surface area contributed by atoms with Crippen molar-refractivity contribution < 1.29 is 9.90 Å². The van der Waals surface area contributed by atoms with Crippen molar-refractivity contribution in [3.8, 4) is 0 Å². The number of hydrogen-bond donors (Lipinski definition) is 1. The molecule has 0 radical (unpaired) electrons. The maximum absolute atomic E-state index is 10.5. The zero-order chi connectivity index (χ0) is 28.3. The van der Waals surface area contributed by atoms with E-state index in [9.17, 15) is 4.79 Å². The van der Waals surface area contributed by atoms with Gasteiger partial charge in [0.15, 0.2) is 0 Å². The number of rotatable bonds is 33. The number of hydrogen-bond acceptors (Lipinski definition) is 1. The predicted molar refractivity (Wildman–Crippen MR) is 175 cm³/mol. The highest BCUT2D eigenvalue weighted by molar-refractivity contribution is 6.17. The molecule has 0 amide bonds. The molecule has 2 nitrogen and oxygen atoms in total. The SMILES string of the molecule is O=C(O)CCCCCCCCCCC=CCCCCCCCCCCC=CCCCCCCCCCCCCl. The first kappa shape index (κ1) is 38.2. The summed E-state index contributed by atoms with van der Waals surface area (Å²) in [6, 6.07) is 0. The van der Waals surface area contributed by atoms with Crippen LogP contribution in [0, 0.1) is 0 Å². The van der Waals surface area contributed by atoms with Gasteiger partial charge in [0.05, 0.1) is 0 Å². The van der Waals surface area contributed by atoms with Crippen LogP contribution in [0.2, 0.25) is 0 Å². The Kier molecular flexibility index (Phi) is 34.6. The zero-order valence-electron chi connectivity index (χ0n) is 26.0. The minimum Gasteiger partial charge on any atom is -0.481 e. The van der Waals surface area contributed by atoms with E-state index in [2.05, 4.69) is 24.3 Å². The van der Waals surface area contributed by atoms with Gasteiger partial charge in [0.25, 0.3) is 0 Å². The molecular formula is C36H67ClO2. The predicted octanol–water partition coefficient (Wildman–Crippen LogP) is 13.1. The summed E-state index contributed by atoms with van der Waals surface area (Å²) in [5.41, 5.74) is 0. The van der Waals surface area contributed by atoms with Crippen LogP contribution < -0.4 is 0 Å². The highest BCUT2D eigenvalue weighted by Gasteiger charge is 1.97. The van der Waals surface area contributed by atoms with Crippen molar-refractivity contribution in [3.05, 3.63) is 24.3 Å². The van der Waals surface area contributed by atoms with Crippen LogP contribution in [0.3, 0.4) is 0 Å². The van der Waals surface area contributed by atoms with Gasteiger partial charge in [-0.1, -0.05) is 146 Å². The Morgan fingerprint density at radius 2 is 0.615 bits per heavy atom. The lowest BCUT2D eigenvalue weighted by molar-refractivity contribution is -0.137. The van der Waals surface area contributed by atoms with Gasteiger partial charge >= 0.3 is 5.97 Å². The summed E-state index contributed by atoms with van der Waals surface area (Å²) in [6.07, 6.45) is 48.3. The Morgan fingerprint density at radius 3 is 0.872 bits per heavy atom. The molecule has 0 aliphatic carbocycles. The Hall–Kier alpha value is -0.760. The molecule has 0 aliphatic rings. The van der Waals surface area contributed by atoms with E-state index >= 15 is 0 Å². The average Bonchev–Trinajstić information content (AvgIpc) is 2.93. The molecule has 0 spiro atoms. The number of aliphatic carboxylic acids is 1. The molecule has 3 heteroatoms. The molecular weight excluding hydrogens is 500 g/mol. The lowest BCUT2D eigenvalue weighted by Crippen LogP contribution is -1.93. The van der Waals surface area contributed by atoms with Crippen LogP contribution in [0.1, 0.15) is 193 Å². The Labute approximate surface area is 249 Å². The molecule has 0 bridgehead atoms. The number of carbonyl (C=O) groups is 1. The molecule has 0 aliphatic heterocycles. The van der Waals surface area contributed by atoms with Gasteiger partial charge in [-0.2, -0.15) is 0 Å². The van der Waals surface area contributed by atoms with Crippen molar-refractivity contribution in [2.24, 2.45) is 0 Å². The monoisotopic (exact) mass is 566 g/mol. The van der Waals surface area contributed by atoms with Crippen LogP contribution >= 0.6 is 11.6 Å². The maximum Gasteiger partial charge on any atom is 0.303 e. The number of halogens is 1. The van der Waals surface area contributed by atoms with Crippen LogP contribution in [0.25, 0.3) is 0 Å². The number of alkyl halides is 1. The van der Waals surface area contributed by atoms with E-state index in [0.717, 1.165) is 18.7 Å². The van der Waals surface area contributed by atoms with Gasteiger partial charge in [-0.05, 0) is 64.2 Å². The van der Waals surface area contributed by atoms with Crippen molar-refractivity contribution in [1.29, 1.82) is 0 Å². The fourth-order valence-electron chi connectivity index (χ4n) is 5.25. The summed E-state index contributed by atoms with van der Waals surface area (Å²) in [5.74, 6) is 0.175. The molecule has 0 atom stereocenters. The van der Waals surface area contributed by atoms with Gasteiger partial charge in [0.2, 0.25) is 0 Å². The molecule has 0 heterocycles. The van der Waals surface area contributed by atoms with Crippen LogP contribution in [-0.4, -0.2) is 17.0 Å². The summed E-state index contributed by atoms with van der Waals surface area (Å²) < 4.78 is 0. The van der Waals surface area contributed by atoms with E-state index < -0.39 is 5.97 Å². The molecule has 39 heavy (non-hydrogen) atoms. The first-order chi connectivity index (χ1) is 19.3. The van der Waals surface area contributed by atoms with Gasteiger partial charge in [0, 0.05) is 12.3 Å². The van der Waals surface area contributed by atoms with E-state index in [1.54, 1.807) is 0 Å². The summed E-state index contributed by atoms with van der Waals surface area (Å²) in [7, 11) is 0. The van der Waals surface area contributed by atoms with Gasteiger partial charge in [-0.3, -0.25) is 4.79 Å². The van der Waals surface area contributed by atoms with Gasteiger partial charge in [-0.15, -0.1) is 11.6 Å². The minimum atomic E-state index is -0.657. The second kappa shape index (κ2) is 35.3. The first-order valence-electron chi connectivity index (χ1n) is 17.3. The minimum absolute atomic E-state index is 0.336. The fraction of sp³-hybridized carbons (Fsp3) is 0.861. The standard InChI is InChI=1S/C36H67ClO2/c37-35-33-31-29-27-25-23-21-19-17-15-13-11-9-7-5-3-1-2-4-6-8-10-12-14-16-18-20-22-24-26-28-30-32-34-36(38)39/h11-14H,1-10,15-35H2,(H,38,39). The Bertz CT molecular complexity index is 528. The third-order valence-corrected chi connectivity index (χ3v) is 8.11. The molecule has 0 unspecified atom stereocenters. The highest BCUT2D eigenvalue weighted by Crippen LogP contribution is 2.14. The summed E-state index contributed by atoms with van der Waals surface area (Å²) in [5, 5.41) is 8.62. The second-order valence-corrected chi connectivity index (χ2v) is 12.1. The molecule has 0 rings (SSSR count). The van der Waals surface area contributed by atoms with Crippen LogP contribution in [0.4, 0.5) is 0 Å². The Balaban J connectivity index is 3.14. The van der Waals surface area contributed by atoms with E-state index in [1.165, 1.54) is 173 Å². The Morgan fingerprint density at radius 1 is 0.385 bits per heavy atom. The van der Waals surface area contributed by atoms with E-state index in [-0.39, 0.29) is 0 Å². The smallest absolute Gasteiger partial charge is 0.303 e. The molecule has 0 saturated heterocycles. The van der Waals surface area contributed by atoms with E-state index in [1.807, 2.05) is 0 Å². The first-order valence-corrected chi connectivity index (χ1v) is 17.9. The van der Waals surface area contributed by atoms with Crippen LogP contribution in [-0.2, 0) is 4.79 Å². The molecule has 0 fully saturated rings. The third kappa shape index (κ3) is 37.2.